The number of ether oxygens (including phenoxy) is 1. The lowest BCUT2D eigenvalue weighted by atomic mass is 9.91. The van der Waals surface area contributed by atoms with Gasteiger partial charge in [-0.05, 0) is 50.2 Å². The highest BCUT2D eigenvalue weighted by Crippen LogP contribution is 2.24. The zero-order valence-corrected chi connectivity index (χ0v) is 12.5. The summed E-state index contributed by atoms with van der Waals surface area (Å²) >= 11 is 0. The molecule has 2 aromatic rings. The maximum absolute atomic E-state index is 12.5. The van der Waals surface area contributed by atoms with E-state index in [4.69, 9.17) is 4.74 Å². The van der Waals surface area contributed by atoms with Crippen LogP contribution in [0.15, 0.2) is 36.7 Å². The molecular weight excluding hydrogens is 282 g/mol. The summed E-state index contributed by atoms with van der Waals surface area (Å²) < 4.78 is 7.18. The Kier molecular flexibility index (Phi) is 4.17. The molecule has 1 amide bonds. The molecule has 0 spiro atoms. The van der Waals surface area contributed by atoms with E-state index in [-0.39, 0.29) is 5.91 Å². The summed E-state index contributed by atoms with van der Waals surface area (Å²) in [5, 5.41) is 13.9. The molecule has 7 heteroatoms. The van der Waals surface area contributed by atoms with Crippen molar-refractivity contribution in [3.63, 3.8) is 0 Å². The molecule has 0 radical (unpaired) electrons. The van der Waals surface area contributed by atoms with Gasteiger partial charge in [0.2, 0.25) is 0 Å². The number of hydrogen-bond donors (Lipinski definition) is 2. The van der Waals surface area contributed by atoms with E-state index in [0.29, 0.717) is 12.8 Å². The molecule has 3 rings (SSSR count). The Labute approximate surface area is 128 Å². The molecule has 0 atom stereocenters. The minimum absolute atomic E-state index is 0.0926. The quantitative estimate of drug-likeness (QED) is 0.879. The van der Waals surface area contributed by atoms with E-state index < -0.39 is 5.60 Å². The van der Waals surface area contributed by atoms with E-state index in [9.17, 15) is 4.79 Å². The van der Waals surface area contributed by atoms with Gasteiger partial charge in [0.1, 0.15) is 5.60 Å². The molecule has 1 aromatic heterocycles. The normalized spacial score (nSPS) is 17.1. The number of rotatable bonds is 4. The SMILES string of the molecule is COC1(C(=O)Nc2ccc(-n3ccnn3)cc2)CCNCC1. The minimum atomic E-state index is -0.740. The first kappa shape index (κ1) is 14.7. The number of aromatic nitrogens is 3. The van der Waals surface area contributed by atoms with Crippen LogP contribution in [0.5, 0.6) is 0 Å². The predicted octanol–water partition coefficient (Wildman–Crippen LogP) is 0.974. The molecule has 0 saturated carbocycles. The zero-order valence-electron chi connectivity index (χ0n) is 12.5. The number of carbonyl (C=O) groups is 1. The summed E-state index contributed by atoms with van der Waals surface area (Å²) in [5.41, 5.74) is 0.887. The first-order valence-corrected chi connectivity index (χ1v) is 7.28. The fraction of sp³-hybridized carbons (Fsp3) is 0.400. The molecule has 1 fully saturated rings. The molecular formula is C15H19N5O2. The monoisotopic (exact) mass is 301 g/mol. The lowest BCUT2D eigenvalue weighted by molar-refractivity contribution is -0.140. The van der Waals surface area contributed by atoms with Crippen LogP contribution in [0.25, 0.3) is 5.69 Å². The molecule has 1 aliphatic heterocycles. The number of piperidine rings is 1. The number of carbonyl (C=O) groups excluding carboxylic acids is 1. The highest BCUT2D eigenvalue weighted by atomic mass is 16.5. The molecule has 1 aromatic carbocycles. The van der Waals surface area contributed by atoms with Gasteiger partial charge in [0, 0.05) is 12.8 Å². The fourth-order valence-electron chi connectivity index (χ4n) is 2.64. The van der Waals surface area contributed by atoms with Crippen LogP contribution in [0.4, 0.5) is 5.69 Å². The smallest absolute Gasteiger partial charge is 0.256 e. The molecule has 22 heavy (non-hydrogen) atoms. The van der Waals surface area contributed by atoms with E-state index in [2.05, 4.69) is 20.9 Å². The van der Waals surface area contributed by atoms with Gasteiger partial charge >= 0.3 is 0 Å². The summed E-state index contributed by atoms with van der Waals surface area (Å²) in [6, 6.07) is 7.46. The summed E-state index contributed by atoms with van der Waals surface area (Å²) in [4.78, 5) is 12.5. The molecule has 1 saturated heterocycles. The Balaban J connectivity index is 1.71. The van der Waals surface area contributed by atoms with Crippen molar-refractivity contribution in [2.45, 2.75) is 18.4 Å². The lowest BCUT2D eigenvalue weighted by Gasteiger charge is -2.34. The predicted molar refractivity (Wildman–Crippen MR) is 81.8 cm³/mol. The van der Waals surface area contributed by atoms with Crippen LogP contribution in [-0.4, -0.2) is 46.7 Å². The van der Waals surface area contributed by atoms with Gasteiger partial charge in [-0.15, -0.1) is 5.10 Å². The number of nitrogens with one attached hydrogen (secondary N) is 2. The Hall–Kier alpha value is -2.25. The van der Waals surface area contributed by atoms with Gasteiger partial charge in [0.25, 0.3) is 5.91 Å². The summed E-state index contributed by atoms with van der Waals surface area (Å²) in [7, 11) is 1.60. The van der Waals surface area contributed by atoms with Gasteiger partial charge in [-0.25, -0.2) is 4.68 Å². The van der Waals surface area contributed by atoms with Crippen LogP contribution >= 0.6 is 0 Å². The van der Waals surface area contributed by atoms with Crippen molar-refractivity contribution in [2.24, 2.45) is 0 Å². The summed E-state index contributed by atoms with van der Waals surface area (Å²) in [6.45, 7) is 1.57. The van der Waals surface area contributed by atoms with Crippen LogP contribution < -0.4 is 10.6 Å². The van der Waals surface area contributed by atoms with Gasteiger partial charge in [-0.1, -0.05) is 5.21 Å². The van der Waals surface area contributed by atoms with Crippen molar-refractivity contribution in [1.82, 2.24) is 20.3 Å². The molecule has 0 unspecified atom stereocenters. The van der Waals surface area contributed by atoms with Crippen molar-refractivity contribution in [3.8, 4) is 5.69 Å². The second-order valence-corrected chi connectivity index (χ2v) is 5.30. The molecule has 2 heterocycles. The molecule has 1 aliphatic rings. The van der Waals surface area contributed by atoms with Crippen LogP contribution in [0.2, 0.25) is 0 Å². The van der Waals surface area contributed by atoms with Crippen LogP contribution in [-0.2, 0) is 9.53 Å². The first-order valence-electron chi connectivity index (χ1n) is 7.28. The third kappa shape index (κ3) is 2.86. The molecule has 116 valence electrons. The fourth-order valence-corrected chi connectivity index (χ4v) is 2.64. The van der Waals surface area contributed by atoms with E-state index >= 15 is 0 Å². The standard InChI is InChI=1S/C15H19N5O2/c1-22-15(6-8-16-9-7-15)14(21)18-12-2-4-13(5-3-12)20-11-10-17-19-20/h2-5,10-11,16H,6-9H2,1H3,(H,18,21). The second-order valence-electron chi connectivity index (χ2n) is 5.30. The van der Waals surface area contributed by atoms with Crippen molar-refractivity contribution >= 4 is 11.6 Å². The highest BCUT2D eigenvalue weighted by Gasteiger charge is 2.39. The number of anilines is 1. The van der Waals surface area contributed by atoms with Gasteiger partial charge in [-0.3, -0.25) is 4.79 Å². The zero-order chi connectivity index (χ0) is 15.4. The molecule has 0 aliphatic carbocycles. The summed E-state index contributed by atoms with van der Waals surface area (Å²) in [6.07, 6.45) is 4.73. The van der Waals surface area contributed by atoms with Gasteiger partial charge in [-0.2, -0.15) is 0 Å². The van der Waals surface area contributed by atoms with Crippen molar-refractivity contribution < 1.29 is 9.53 Å². The minimum Gasteiger partial charge on any atom is -0.368 e. The lowest BCUT2D eigenvalue weighted by Crippen LogP contribution is -2.51. The van der Waals surface area contributed by atoms with E-state index in [1.807, 2.05) is 24.3 Å². The maximum Gasteiger partial charge on any atom is 0.256 e. The highest BCUT2D eigenvalue weighted by molar-refractivity contribution is 5.97. The van der Waals surface area contributed by atoms with Gasteiger partial charge in [0.05, 0.1) is 18.1 Å². The van der Waals surface area contributed by atoms with Gasteiger partial charge in [0.15, 0.2) is 0 Å². The van der Waals surface area contributed by atoms with E-state index in [1.165, 1.54) is 0 Å². The van der Waals surface area contributed by atoms with Crippen LogP contribution in [0, 0.1) is 0 Å². The first-order chi connectivity index (χ1) is 10.7. The maximum atomic E-state index is 12.5. The Bertz CT molecular complexity index is 618. The Morgan fingerprint density at radius 3 is 2.64 bits per heavy atom. The molecule has 2 N–H and O–H groups in total. The van der Waals surface area contributed by atoms with Gasteiger partial charge < -0.3 is 15.4 Å². The third-order valence-corrected chi connectivity index (χ3v) is 4.03. The average Bonchev–Trinajstić information content (AvgIpc) is 3.10. The Morgan fingerprint density at radius 1 is 1.32 bits per heavy atom. The van der Waals surface area contributed by atoms with E-state index in [1.54, 1.807) is 24.2 Å². The summed E-state index contributed by atoms with van der Waals surface area (Å²) in [5.74, 6) is -0.0926. The Morgan fingerprint density at radius 2 is 2.05 bits per heavy atom. The number of methoxy groups -OCH3 is 1. The topological polar surface area (TPSA) is 81.1 Å². The third-order valence-electron chi connectivity index (χ3n) is 4.03. The number of nitrogens with zero attached hydrogens (tertiary/aromatic N) is 3. The van der Waals surface area contributed by atoms with Crippen LogP contribution in [0.1, 0.15) is 12.8 Å². The molecule has 0 bridgehead atoms. The number of hydrogen-bond acceptors (Lipinski definition) is 5. The van der Waals surface area contributed by atoms with E-state index in [0.717, 1.165) is 24.5 Å². The van der Waals surface area contributed by atoms with Crippen LogP contribution in [0.3, 0.4) is 0 Å². The number of benzene rings is 1. The van der Waals surface area contributed by atoms with Crippen molar-refractivity contribution in [3.05, 3.63) is 36.7 Å². The van der Waals surface area contributed by atoms with Crippen molar-refractivity contribution in [1.29, 1.82) is 0 Å². The average molecular weight is 301 g/mol. The number of amides is 1. The second kappa shape index (κ2) is 6.25. The van der Waals surface area contributed by atoms with Crippen molar-refractivity contribution in [2.75, 3.05) is 25.5 Å². The molecule has 7 nitrogen and oxygen atoms in total. The largest absolute Gasteiger partial charge is 0.368 e.